The van der Waals surface area contributed by atoms with Crippen LogP contribution in [0.4, 0.5) is 0 Å². The molecule has 3 heterocycles. The molecule has 0 saturated carbocycles. The molecule has 0 aliphatic carbocycles. The summed E-state index contributed by atoms with van der Waals surface area (Å²) in [6.45, 7) is 6.68. The molecule has 2 aliphatic heterocycles. The lowest BCUT2D eigenvalue weighted by Crippen LogP contribution is -2.32. The van der Waals surface area contributed by atoms with Crippen LogP contribution in [0.25, 0.3) is 0 Å². The van der Waals surface area contributed by atoms with E-state index in [-0.39, 0.29) is 6.04 Å². The minimum Gasteiger partial charge on any atom is -0.326 e. The first kappa shape index (κ1) is 12.1. The molecule has 0 radical (unpaired) electrons. The molecule has 5 nitrogen and oxygen atoms in total. The predicted octanol–water partition coefficient (Wildman–Crippen LogP) is 0.436. The monoisotopic (exact) mass is 249 g/mol. The van der Waals surface area contributed by atoms with Crippen LogP contribution in [-0.2, 0) is 19.4 Å². The molecule has 0 bridgehead atoms. The second-order valence-corrected chi connectivity index (χ2v) is 5.68. The number of aryl methyl sites for hydroxylation is 1. The van der Waals surface area contributed by atoms with E-state index in [1.807, 2.05) is 4.68 Å². The van der Waals surface area contributed by atoms with Gasteiger partial charge in [-0.05, 0) is 31.8 Å². The van der Waals surface area contributed by atoms with Gasteiger partial charge in [-0.3, -0.25) is 0 Å². The van der Waals surface area contributed by atoms with Crippen molar-refractivity contribution in [3.63, 3.8) is 0 Å². The van der Waals surface area contributed by atoms with Crippen molar-refractivity contribution in [2.75, 3.05) is 19.6 Å². The third-order valence-corrected chi connectivity index (χ3v) is 4.23. The largest absolute Gasteiger partial charge is 0.326 e. The average molecular weight is 249 g/mol. The topological polar surface area (TPSA) is 60.0 Å². The van der Waals surface area contributed by atoms with Gasteiger partial charge in [-0.15, -0.1) is 0 Å². The van der Waals surface area contributed by atoms with E-state index in [0.29, 0.717) is 0 Å². The third kappa shape index (κ3) is 2.42. The second kappa shape index (κ2) is 4.97. The summed E-state index contributed by atoms with van der Waals surface area (Å²) in [7, 11) is 0. The Kier molecular flexibility index (Phi) is 3.35. The zero-order valence-electron chi connectivity index (χ0n) is 11.2. The lowest BCUT2D eigenvalue weighted by Gasteiger charge is -2.17. The van der Waals surface area contributed by atoms with E-state index in [2.05, 4.69) is 21.9 Å². The van der Waals surface area contributed by atoms with Crippen LogP contribution < -0.4 is 5.73 Å². The van der Waals surface area contributed by atoms with Gasteiger partial charge in [-0.2, -0.15) is 5.10 Å². The van der Waals surface area contributed by atoms with Crippen molar-refractivity contribution in [1.29, 1.82) is 0 Å². The Morgan fingerprint density at radius 3 is 3.00 bits per heavy atom. The molecule has 2 unspecified atom stereocenters. The molecule has 2 atom stereocenters. The molecule has 2 aliphatic rings. The predicted molar refractivity (Wildman–Crippen MR) is 70.2 cm³/mol. The summed E-state index contributed by atoms with van der Waals surface area (Å²) < 4.78 is 2.02. The van der Waals surface area contributed by atoms with Crippen LogP contribution in [0.3, 0.4) is 0 Å². The van der Waals surface area contributed by atoms with Gasteiger partial charge in [0.05, 0.1) is 6.54 Å². The van der Waals surface area contributed by atoms with Gasteiger partial charge in [-0.25, -0.2) is 9.67 Å². The SMILES string of the molecule is CCN1CCC(Cc2nc3n(n2)CC(N)CC3)C1. The van der Waals surface area contributed by atoms with Crippen LogP contribution in [0.15, 0.2) is 0 Å². The van der Waals surface area contributed by atoms with Crippen LogP contribution in [0.2, 0.25) is 0 Å². The average Bonchev–Trinajstić information content (AvgIpc) is 2.95. The molecule has 5 heteroatoms. The summed E-state index contributed by atoms with van der Waals surface area (Å²) in [6, 6.07) is 0.258. The van der Waals surface area contributed by atoms with Gasteiger partial charge < -0.3 is 10.6 Å². The minimum atomic E-state index is 0.258. The first-order chi connectivity index (χ1) is 8.74. The fraction of sp³-hybridized carbons (Fsp3) is 0.846. The minimum absolute atomic E-state index is 0.258. The summed E-state index contributed by atoms with van der Waals surface area (Å²) in [5.74, 6) is 2.90. The molecule has 3 rings (SSSR count). The zero-order valence-corrected chi connectivity index (χ0v) is 11.2. The molecule has 100 valence electrons. The van der Waals surface area contributed by atoms with Gasteiger partial charge in [0, 0.05) is 25.4 Å². The van der Waals surface area contributed by atoms with Crippen molar-refractivity contribution in [2.45, 2.75) is 45.2 Å². The molecule has 0 amide bonds. The Labute approximate surface area is 108 Å². The number of rotatable bonds is 3. The van der Waals surface area contributed by atoms with Crippen molar-refractivity contribution in [1.82, 2.24) is 19.7 Å². The van der Waals surface area contributed by atoms with Crippen LogP contribution in [0.5, 0.6) is 0 Å². The maximum absolute atomic E-state index is 5.96. The van der Waals surface area contributed by atoms with E-state index in [1.54, 1.807) is 0 Å². The first-order valence-corrected chi connectivity index (χ1v) is 7.15. The standard InChI is InChI=1S/C13H23N5/c1-2-17-6-5-10(8-17)7-12-15-13-4-3-11(14)9-18(13)16-12/h10-11H,2-9,14H2,1H3. The number of hydrogen-bond donors (Lipinski definition) is 1. The van der Waals surface area contributed by atoms with Crippen LogP contribution in [0, 0.1) is 5.92 Å². The fourth-order valence-electron chi connectivity index (χ4n) is 3.10. The van der Waals surface area contributed by atoms with Crippen molar-refractivity contribution < 1.29 is 0 Å². The summed E-state index contributed by atoms with van der Waals surface area (Å²) in [5.41, 5.74) is 5.96. The van der Waals surface area contributed by atoms with E-state index >= 15 is 0 Å². The highest BCUT2D eigenvalue weighted by atomic mass is 15.4. The number of nitrogens with zero attached hydrogens (tertiary/aromatic N) is 4. The van der Waals surface area contributed by atoms with Crippen LogP contribution >= 0.6 is 0 Å². The second-order valence-electron chi connectivity index (χ2n) is 5.68. The number of hydrogen-bond acceptors (Lipinski definition) is 4. The van der Waals surface area contributed by atoms with Crippen molar-refractivity contribution in [3.05, 3.63) is 11.6 Å². The van der Waals surface area contributed by atoms with Crippen LogP contribution in [0.1, 0.15) is 31.4 Å². The first-order valence-electron chi connectivity index (χ1n) is 7.15. The Morgan fingerprint density at radius 1 is 1.33 bits per heavy atom. The van der Waals surface area contributed by atoms with Crippen LogP contribution in [-0.4, -0.2) is 45.3 Å². The Hall–Kier alpha value is -0.940. The normalized spacial score (nSPS) is 28.6. The quantitative estimate of drug-likeness (QED) is 0.844. The molecule has 18 heavy (non-hydrogen) atoms. The van der Waals surface area contributed by atoms with Gasteiger partial charge in [0.15, 0.2) is 5.82 Å². The van der Waals surface area contributed by atoms with Gasteiger partial charge in [-0.1, -0.05) is 6.92 Å². The Balaban J connectivity index is 1.64. The molecular weight excluding hydrogens is 226 g/mol. The summed E-state index contributed by atoms with van der Waals surface area (Å²) in [5, 5.41) is 4.62. The molecule has 1 saturated heterocycles. The maximum atomic E-state index is 5.96. The molecular formula is C13H23N5. The highest BCUT2D eigenvalue weighted by Gasteiger charge is 2.24. The van der Waals surface area contributed by atoms with Crippen molar-refractivity contribution in [3.8, 4) is 0 Å². The Bertz CT molecular complexity index is 414. The highest BCUT2D eigenvalue weighted by Crippen LogP contribution is 2.20. The summed E-state index contributed by atoms with van der Waals surface area (Å²) in [6.07, 6.45) is 4.36. The fourth-order valence-corrected chi connectivity index (χ4v) is 3.10. The number of fused-ring (bicyclic) bond motifs is 1. The molecule has 1 fully saturated rings. The van der Waals surface area contributed by atoms with Crippen molar-refractivity contribution in [2.24, 2.45) is 11.7 Å². The van der Waals surface area contributed by atoms with Gasteiger partial charge in [0.1, 0.15) is 5.82 Å². The zero-order chi connectivity index (χ0) is 12.5. The molecule has 1 aromatic heterocycles. The summed E-state index contributed by atoms with van der Waals surface area (Å²) in [4.78, 5) is 7.19. The smallest absolute Gasteiger partial charge is 0.151 e. The third-order valence-electron chi connectivity index (χ3n) is 4.23. The molecule has 0 aromatic carbocycles. The van der Waals surface area contributed by atoms with E-state index in [4.69, 9.17) is 5.73 Å². The molecule has 0 spiro atoms. The number of aromatic nitrogens is 3. The lowest BCUT2D eigenvalue weighted by molar-refractivity contribution is 0.340. The Morgan fingerprint density at radius 2 is 2.22 bits per heavy atom. The van der Waals surface area contributed by atoms with E-state index in [0.717, 1.165) is 43.4 Å². The van der Waals surface area contributed by atoms with Gasteiger partial charge in [0.25, 0.3) is 0 Å². The van der Waals surface area contributed by atoms with Gasteiger partial charge >= 0.3 is 0 Å². The summed E-state index contributed by atoms with van der Waals surface area (Å²) >= 11 is 0. The van der Waals surface area contributed by atoms with E-state index in [9.17, 15) is 0 Å². The van der Waals surface area contributed by atoms with E-state index < -0.39 is 0 Å². The van der Waals surface area contributed by atoms with E-state index in [1.165, 1.54) is 26.1 Å². The lowest BCUT2D eigenvalue weighted by atomic mass is 10.1. The molecule has 2 N–H and O–H groups in total. The maximum Gasteiger partial charge on any atom is 0.151 e. The van der Waals surface area contributed by atoms with Gasteiger partial charge in [0.2, 0.25) is 0 Å². The number of nitrogens with two attached hydrogens (primary N) is 1. The van der Waals surface area contributed by atoms with Crippen molar-refractivity contribution >= 4 is 0 Å². The highest BCUT2D eigenvalue weighted by molar-refractivity contribution is 4.99. The molecule has 1 aromatic rings. The number of likely N-dealkylation sites (tertiary alicyclic amines) is 1.